The van der Waals surface area contributed by atoms with Crippen LogP contribution in [0, 0.1) is 18.3 Å². The number of hydrogen-bond acceptors (Lipinski definition) is 4. The van der Waals surface area contributed by atoms with E-state index in [2.05, 4.69) is 24.0 Å². The molecule has 0 fully saturated rings. The molecule has 0 radical (unpaired) electrons. The summed E-state index contributed by atoms with van der Waals surface area (Å²) in [5.74, 6) is -1.07. The molecule has 0 aliphatic carbocycles. The lowest BCUT2D eigenvalue weighted by molar-refractivity contribution is 0.102. The third-order valence-electron chi connectivity index (χ3n) is 4.49. The lowest BCUT2D eigenvalue weighted by Crippen LogP contribution is -2.14. The smallest absolute Gasteiger partial charge is 0.256 e. The molecule has 7 heteroatoms. The molecule has 3 aromatic rings. The molecule has 3 aromatic carbocycles. The van der Waals surface area contributed by atoms with E-state index in [4.69, 9.17) is 23.2 Å². The van der Waals surface area contributed by atoms with Crippen LogP contribution in [0.3, 0.4) is 0 Å². The number of amides is 1. The number of phenolic OH excluding ortho intramolecular Hbond substituents is 1. The summed E-state index contributed by atoms with van der Waals surface area (Å²) in [6, 6.07) is 17.3. The predicted molar refractivity (Wildman–Crippen MR) is 118 cm³/mol. The standard InChI is InChI=1S/C22H16Cl2N2O2S/c1-12-9-16(17(11-25)13-5-7-14(23)8-6-13)18(24)10-19(12)26-22(28)15-3-2-4-20(27)21(15)29/h2-10,17,27,29H,1H3,(H,26,28). The molecule has 0 saturated heterocycles. The molecule has 146 valence electrons. The maximum Gasteiger partial charge on any atom is 0.256 e. The largest absolute Gasteiger partial charge is 0.507 e. The quantitative estimate of drug-likeness (QED) is 0.420. The Balaban J connectivity index is 1.93. The number of benzene rings is 3. The van der Waals surface area contributed by atoms with Gasteiger partial charge in [0.05, 0.1) is 22.4 Å². The van der Waals surface area contributed by atoms with Gasteiger partial charge in [0.25, 0.3) is 5.91 Å². The molecule has 29 heavy (non-hydrogen) atoms. The zero-order valence-corrected chi connectivity index (χ0v) is 17.7. The first kappa shape index (κ1) is 21.1. The molecule has 1 atom stereocenters. The van der Waals surface area contributed by atoms with Crippen LogP contribution in [0.15, 0.2) is 59.5 Å². The number of carbonyl (C=O) groups excluding carboxylic acids is 1. The van der Waals surface area contributed by atoms with Crippen LogP contribution in [0.1, 0.15) is 33.0 Å². The Hall–Kier alpha value is -2.65. The number of phenols is 1. The van der Waals surface area contributed by atoms with E-state index in [1.165, 1.54) is 6.07 Å². The first-order valence-electron chi connectivity index (χ1n) is 8.59. The fraction of sp³-hybridized carbons (Fsp3) is 0.0909. The fourth-order valence-corrected chi connectivity index (χ4v) is 3.59. The van der Waals surface area contributed by atoms with Crippen LogP contribution in [0.25, 0.3) is 0 Å². The second-order valence-corrected chi connectivity index (χ2v) is 7.72. The maximum atomic E-state index is 12.6. The van der Waals surface area contributed by atoms with Crippen molar-refractivity contribution in [1.29, 1.82) is 5.26 Å². The zero-order chi connectivity index (χ0) is 21.1. The van der Waals surface area contributed by atoms with Crippen molar-refractivity contribution < 1.29 is 9.90 Å². The topological polar surface area (TPSA) is 73.1 Å². The van der Waals surface area contributed by atoms with Crippen molar-refractivity contribution >= 4 is 47.4 Å². The van der Waals surface area contributed by atoms with Crippen molar-refractivity contribution in [2.75, 3.05) is 5.32 Å². The average Bonchev–Trinajstić information content (AvgIpc) is 2.69. The number of halogens is 2. The second-order valence-electron chi connectivity index (χ2n) is 6.43. The number of anilines is 1. The molecule has 3 rings (SSSR count). The minimum absolute atomic E-state index is 0.0779. The van der Waals surface area contributed by atoms with E-state index in [-0.39, 0.29) is 16.2 Å². The van der Waals surface area contributed by atoms with Crippen molar-refractivity contribution in [1.82, 2.24) is 0 Å². The lowest BCUT2D eigenvalue weighted by Gasteiger charge is -2.16. The molecule has 2 N–H and O–H groups in total. The first-order chi connectivity index (χ1) is 13.8. The highest BCUT2D eigenvalue weighted by atomic mass is 35.5. The van der Waals surface area contributed by atoms with E-state index in [0.29, 0.717) is 21.3 Å². The maximum absolute atomic E-state index is 12.6. The van der Waals surface area contributed by atoms with Gasteiger partial charge in [-0.1, -0.05) is 47.5 Å². The number of rotatable bonds is 4. The van der Waals surface area contributed by atoms with Crippen molar-refractivity contribution in [2.45, 2.75) is 17.7 Å². The average molecular weight is 443 g/mol. The Bertz CT molecular complexity index is 1120. The molecular formula is C22H16Cl2N2O2S. The van der Waals surface area contributed by atoms with Gasteiger partial charge in [-0.15, -0.1) is 12.6 Å². The van der Waals surface area contributed by atoms with Crippen LogP contribution < -0.4 is 5.32 Å². The van der Waals surface area contributed by atoms with Gasteiger partial charge in [-0.2, -0.15) is 5.26 Å². The van der Waals surface area contributed by atoms with Crippen LogP contribution >= 0.6 is 35.8 Å². The predicted octanol–water partition coefficient (Wildman–Crippen LogP) is 6.20. The fourth-order valence-electron chi connectivity index (χ4n) is 2.94. The Morgan fingerprint density at radius 2 is 1.86 bits per heavy atom. The van der Waals surface area contributed by atoms with E-state index in [0.717, 1.165) is 11.1 Å². The number of nitriles is 1. The summed E-state index contributed by atoms with van der Waals surface area (Å²) in [6.07, 6.45) is 0. The summed E-state index contributed by atoms with van der Waals surface area (Å²) in [6.45, 7) is 1.82. The molecule has 0 spiro atoms. The van der Waals surface area contributed by atoms with E-state index in [1.54, 1.807) is 48.5 Å². The third-order valence-corrected chi connectivity index (χ3v) is 5.54. The van der Waals surface area contributed by atoms with E-state index in [1.807, 2.05) is 6.92 Å². The number of aryl methyl sites for hydroxylation is 1. The van der Waals surface area contributed by atoms with Gasteiger partial charge in [0.15, 0.2) is 0 Å². The zero-order valence-electron chi connectivity index (χ0n) is 15.3. The minimum atomic E-state index is -0.571. The third kappa shape index (κ3) is 4.51. The van der Waals surface area contributed by atoms with Gasteiger partial charge in [-0.25, -0.2) is 0 Å². The number of aromatic hydroxyl groups is 1. The van der Waals surface area contributed by atoms with Gasteiger partial charge in [0, 0.05) is 15.7 Å². The van der Waals surface area contributed by atoms with Crippen LogP contribution in [-0.4, -0.2) is 11.0 Å². The SMILES string of the molecule is Cc1cc(C(C#N)c2ccc(Cl)cc2)c(Cl)cc1NC(=O)c1cccc(O)c1S. The molecule has 0 aliphatic heterocycles. The molecule has 1 amide bonds. The van der Waals surface area contributed by atoms with Crippen LogP contribution in [0.5, 0.6) is 5.75 Å². The summed E-state index contributed by atoms with van der Waals surface area (Å²) in [5.41, 5.74) is 2.90. The van der Waals surface area contributed by atoms with Crippen LogP contribution in [0.4, 0.5) is 5.69 Å². The van der Waals surface area contributed by atoms with Crippen molar-refractivity contribution in [3.05, 3.63) is 86.9 Å². The number of nitrogens with one attached hydrogen (secondary N) is 1. The van der Waals surface area contributed by atoms with Crippen molar-refractivity contribution in [3.8, 4) is 11.8 Å². The number of nitrogens with zero attached hydrogens (tertiary/aromatic N) is 1. The molecule has 1 unspecified atom stereocenters. The summed E-state index contributed by atoms with van der Waals surface area (Å²) < 4.78 is 0. The van der Waals surface area contributed by atoms with Crippen molar-refractivity contribution in [3.63, 3.8) is 0 Å². The Kier molecular flexibility index (Phi) is 6.39. The molecule has 0 aliphatic rings. The Morgan fingerprint density at radius 1 is 1.17 bits per heavy atom. The molecule has 0 aromatic heterocycles. The van der Waals surface area contributed by atoms with Gasteiger partial charge >= 0.3 is 0 Å². The van der Waals surface area contributed by atoms with Gasteiger partial charge in [0.1, 0.15) is 5.75 Å². The molecule has 4 nitrogen and oxygen atoms in total. The second kappa shape index (κ2) is 8.79. The van der Waals surface area contributed by atoms with E-state index in [9.17, 15) is 15.2 Å². The monoisotopic (exact) mass is 442 g/mol. The summed E-state index contributed by atoms with van der Waals surface area (Å²) in [7, 11) is 0. The van der Waals surface area contributed by atoms with E-state index >= 15 is 0 Å². The highest BCUT2D eigenvalue weighted by Gasteiger charge is 2.20. The van der Waals surface area contributed by atoms with Gasteiger partial charge < -0.3 is 10.4 Å². The molecular weight excluding hydrogens is 427 g/mol. The summed E-state index contributed by atoms with van der Waals surface area (Å²) in [4.78, 5) is 12.8. The van der Waals surface area contributed by atoms with Gasteiger partial charge in [-0.3, -0.25) is 4.79 Å². The van der Waals surface area contributed by atoms with Gasteiger partial charge in [0.2, 0.25) is 0 Å². The molecule has 0 saturated carbocycles. The number of thiol groups is 1. The Labute approximate surface area is 184 Å². The summed E-state index contributed by atoms with van der Waals surface area (Å²) >= 11 is 16.6. The highest BCUT2D eigenvalue weighted by Crippen LogP contribution is 2.35. The number of carbonyl (C=O) groups is 1. The normalized spacial score (nSPS) is 11.6. The van der Waals surface area contributed by atoms with E-state index < -0.39 is 11.8 Å². The lowest BCUT2D eigenvalue weighted by atomic mass is 9.91. The number of hydrogen-bond donors (Lipinski definition) is 3. The highest BCUT2D eigenvalue weighted by molar-refractivity contribution is 7.80. The van der Waals surface area contributed by atoms with Gasteiger partial charge in [-0.05, 0) is 53.9 Å². The molecule has 0 heterocycles. The van der Waals surface area contributed by atoms with Crippen LogP contribution in [-0.2, 0) is 0 Å². The molecule has 0 bridgehead atoms. The first-order valence-corrected chi connectivity index (χ1v) is 9.79. The minimum Gasteiger partial charge on any atom is -0.507 e. The summed E-state index contributed by atoms with van der Waals surface area (Å²) in [5, 5.41) is 23.2. The van der Waals surface area contributed by atoms with Crippen molar-refractivity contribution in [2.24, 2.45) is 0 Å². The van der Waals surface area contributed by atoms with Crippen LogP contribution in [0.2, 0.25) is 10.0 Å². The Morgan fingerprint density at radius 3 is 2.52 bits per heavy atom.